The number of nitrogens with two attached hydrogens (primary N) is 1. The highest BCUT2D eigenvalue weighted by Crippen LogP contribution is 2.17. The molecule has 2 amide bonds. The van der Waals surface area contributed by atoms with Crippen LogP contribution in [0.3, 0.4) is 0 Å². The van der Waals surface area contributed by atoms with Crippen molar-refractivity contribution in [2.45, 2.75) is 5.75 Å². The number of rotatable bonds is 6. The first-order chi connectivity index (χ1) is 13.8. The van der Waals surface area contributed by atoms with Crippen molar-refractivity contribution in [2.24, 2.45) is 5.73 Å². The number of benzene rings is 2. The Balaban J connectivity index is 1.67. The smallest absolute Gasteiger partial charge is 0.255 e. The predicted molar refractivity (Wildman–Crippen MR) is 111 cm³/mol. The molecule has 154 valence electrons. The second kappa shape index (κ2) is 8.73. The average molecular weight is 417 g/mol. The number of carbonyl (C=O) groups is 2. The molecule has 1 aliphatic rings. The molecule has 1 heterocycles. The summed E-state index contributed by atoms with van der Waals surface area (Å²) in [5, 5.41) is 2.66. The molecule has 0 saturated carbocycles. The van der Waals surface area contributed by atoms with Gasteiger partial charge in [-0.3, -0.25) is 9.59 Å². The van der Waals surface area contributed by atoms with Crippen LogP contribution >= 0.6 is 0 Å². The minimum atomic E-state index is -3.40. The van der Waals surface area contributed by atoms with Gasteiger partial charge >= 0.3 is 0 Å². The van der Waals surface area contributed by atoms with Crippen LogP contribution in [-0.2, 0) is 15.8 Å². The van der Waals surface area contributed by atoms with E-state index in [1.54, 1.807) is 42.5 Å². The van der Waals surface area contributed by atoms with E-state index in [0.29, 0.717) is 43.0 Å². The zero-order valence-electron chi connectivity index (χ0n) is 16.2. The van der Waals surface area contributed by atoms with Crippen molar-refractivity contribution in [3.8, 4) is 0 Å². The molecule has 8 nitrogen and oxygen atoms in total. The number of nitrogens with one attached hydrogen (secondary N) is 1. The highest BCUT2D eigenvalue weighted by Gasteiger charge is 2.25. The maximum atomic E-state index is 12.6. The van der Waals surface area contributed by atoms with E-state index in [1.807, 2.05) is 7.05 Å². The number of piperazine rings is 1. The summed E-state index contributed by atoms with van der Waals surface area (Å²) in [6.45, 7) is 2.40. The van der Waals surface area contributed by atoms with E-state index in [4.69, 9.17) is 5.73 Å². The van der Waals surface area contributed by atoms with Gasteiger partial charge < -0.3 is 16.0 Å². The van der Waals surface area contributed by atoms with Crippen molar-refractivity contribution in [1.82, 2.24) is 9.21 Å². The number of sulfonamides is 1. The first kappa shape index (κ1) is 21.0. The molecule has 3 rings (SSSR count). The molecule has 0 aromatic heterocycles. The van der Waals surface area contributed by atoms with Crippen molar-refractivity contribution >= 4 is 27.5 Å². The first-order valence-electron chi connectivity index (χ1n) is 9.22. The van der Waals surface area contributed by atoms with Crippen LogP contribution in [0, 0.1) is 0 Å². The van der Waals surface area contributed by atoms with Gasteiger partial charge in [0.1, 0.15) is 0 Å². The van der Waals surface area contributed by atoms with Crippen LogP contribution in [0.4, 0.5) is 5.69 Å². The number of para-hydroxylation sites is 1. The quantitative estimate of drug-likeness (QED) is 0.733. The van der Waals surface area contributed by atoms with Crippen LogP contribution in [0.15, 0.2) is 48.5 Å². The number of anilines is 1. The van der Waals surface area contributed by atoms with Crippen LogP contribution < -0.4 is 11.1 Å². The van der Waals surface area contributed by atoms with E-state index in [0.717, 1.165) is 0 Å². The Hall–Kier alpha value is -2.75. The molecule has 1 fully saturated rings. The first-order valence-corrected chi connectivity index (χ1v) is 10.8. The van der Waals surface area contributed by atoms with Gasteiger partial charge in [-0.2, -0.15) is 4.31 Å². The van der Waals surface area contributed by atoms with Crippen LogP contribution in [0.5, 0.6) is 0 Å². The van der Waals surface area contributed by atoms with Gasteiger partial charge in [-0.05, 0) is 36.9 Å². The Morgan fingerprint density at radius 2 is 1.62 bits per heavy atom. The second-order valence-corrected chi connectivity index (χ2v) is 8.99. The van der Waals surface area contributed by atoms with Crippen LogP contribution in [0.1, 0.15) is 26.3 Å². The topological polar surface area (TPSA) is 113 Å². The fourth-order valence-electron chi connectivity index (χ4n) is 3.12. The number of carbonyl (C=O) groups excluding carboxylic acids is 2. The maximum Gasteiger partial charge on any atom is 0.255 e. The van der Waals surface area contributed by atoms with Gasteiger partial charge in [0.2, 0.25) is 10.0 Å². The van der Waals surface area contributed by atoms with E-state index in [9.17, 15) is 18.0 Å². The number of hydrogen-bond donors (Lipinski definition) is 2. The molecule has 0 bridgehead atoms. The Morgan fingerprint density at radius 1 is 1.00 bits per heavy atom. The van der Waals surface area contributed by atoms with Gasteiger partial charge in [0.15, 0.2) is 0 Å². The van der Waals surface area contributed by atoms with E-state index >= 15 is 0 Å². The minimum absolute atomic E-state index is 0.108. The van der Waals surface area contributed by atoms with E-state index < -0.39 is 21.8 Å². The van der Waals surface area contributed by atoms with Crippen LogP contribution in [0.2, 0.25) is 0 Å². The van der Waals surface area contributed by atoms with E-state index in [2.05, 4.69) is 10.2 Å². The fraction of sp³-hybridized carbons (Fsp3) is 0.300. The number of primary amides is 1. The molecule has 0 atom stereocenters. The largest absolute Gasteiger partial charge is 0.366 e. The molecule has 0 unspecified atom stereocenters. The summed E-state index contributed by atoms with van der Waals surface area (Å²) in [5.41, 5.74) is 6.83. The Bertz CT molecular complexity index is 997. The molecular formula is C20H24N4O4S. The highest BCUT2D eigenvalue weighted by molar-refractivity contribution is 7.88. The van der Waals surface area contributed by atoms with Gasteiger partial charge in [-0.25, -0.2) is 8.42 Å². The standard InChI is InChI=1S/C20H24N4O4S/c1-23-10-12-24(13-11-23)29(27,28)14-15-6-8-16(9-7-15)20(26)22-18-5-3-2-4-17(18)19(21)25/h2-9H,10-14H2,1H3,(H2,21,25)(H,22,26). The molecule has 2 aromatic carbocycles. The fourth-order valence-corrected chi connectivity index (χ4v) is 4.64. The Morgan fingerprint density at radius 3 is 2.24 bits per heavy atom. The van der Waals surface area contributed by atoms with Gasteiger partial charge in [-0.1, -0.05) is 24.3 Å². The van der Waals surface area contributed by atoms with Gasteiger partial charge in [0, 0.05) is 31.7 Å². The lowest BCUT2D eigenvalue weighted by molar-refractivity contribution is 0.100. The summed E-state index contributed by atoms with van der Waals surface area (Å²) in [5.74, 6) is -1.15. The van der Waals surface area contributed by atoms with E-state index in [-0.39, 0.29) is 11.3 Å². The van der Waals surface area contributed by atoms with Crippen molar-refractivity contribution in [2.75, 3.05) is 38.5 Å². The summed E-state index contributed by atoms with van der Waals surface area (Å²) in [6.07, 6.45) is 0. The lowest BCUT2D eigenvalue weighted by Gasteiger charge is -2.31. The third-order valence-electron chi connectivity index (χ3n) is 4.86. The molecule has 0 aliphatic carbocycles. The van der Waals surface area contributed by atoms with Crippen molar-refractivity contribution in [3.05, 3.63) is 65.2 Å². The zero-order chi connectivity index (χ0) is 21.0. The zero-order valence-corrected chi connectivity index (χ0v) is 17.0. The molecule has 29 heavy (non-hydrogen) atoms. The summed E-state index contributed by atoms with van der Waals surface area (Å²) < 4.78 is 26.7. The third-order valence-corrected chi connectivity index (χ3v) is 6.71. The lowest BCUT2D eigenvalue weighted by Crippen LogP contribution is -2.47. The lowest BCUT2D eigenvalue weighted by atomic mass is 10.1. The molecular weight excluding hydrogens is 392 g/mol. The average Bonchev–Trinajstić information content (AvgIpc) is 2.69. The number of hydrogen-bond acceptors (Lipinski definition) is 5. The summed E-state index contributed by atoms with van der Waals surface area (Å²) in [4.78, 5) is 26.0. The Labute approximate surface area is 170 Å². The second-order valence-electron chi connectivity index (χ2n) is 7.02. The normalized spacial score (nSPS) is 15.8. The third kappa shape index (κ3) is 5.20. The molecule has 1 aliphatic heterocycles. The molecule has 3 N–H and O–H groups in total. The summed E-state index contributed by atoms with van der Waals surface area (Å²) in [7, 11) is -1.43. The SMILES string of the molecule is CN1CCN(S(=O)(=O)Cc2ccc(C(=O)Nc3ccccc3C(N)=O)cc2)CC1. The molecule has 9 heteroatoms. The van der Waals surface area contributed by atoms with Crippen molar-refractivity contribution < 1.29 is 18.0 Å². The number of amides is 2. The number of nitrogens with zero attached hydrogens (tertiary/aromatic N) is 2. The monoisotopic (exact) mass is 416 g/mol. The minimum Gasteiger partial charge on any atom is -0.366 e. The summed E-state index contributed by atoms with van der Waals surface area (Å²) in [6, 6.07) is 12.9. The molecule has 0 radical (unpaired) electrons. The van der Waals surface area contributed by atoms with Crippen LogP contribution in [-0.4, -0.2) is 62.7 Å². The maximum absolute atomic E-state index is 12.6. The summed E-state index contributed by atoms with van der Waals surface area (Å²) >= 11 is 0. The van der Waals surface area contributed by atoms with Gasteiger partial charge in [0.25, 0.3) is 11.8 Å². The molecule has 2 aromatic rings. The predicted octanol–water partition coefficient (Wildman–Crippen LogP) is 1.11. The molecule has 1 saturated heterocycles. The van der Waals surface area contributed by atoms with Gasteiger partial charge in [-0.15, -0.1) is 0 Å². The highest BCUT2D eigenvalue weighted by atomic mass is 32.2. The molecule has 0 spiro atoms. The van der Waals surface area contributed by atoms with E-state index in [1.165, 1.54) is 10.4 Å². The van der Waals surface area contributed by atoms with Gasteiger partial charge in [0.05, 0.1) is 17.0 Å². The number of likely N-dealkylation sites (N-methyl/N-ethyl adjacent to an activating group) is 1. The van der Waals surface area contributed by atoms with Crippen molar-refractivity contribution in [1.29, 1.82) is 0 Å². The Kier molecular flexibility index (Phi) is 6.31. The van der Waals surface area contributed by atoms with Crippen molar-refractivity contribution in [3.63, 3.8) is 0 Å². The van der Waals surface area contributed by atoms with Crippen LogP contribution in [0.25, 0.3) is 0 Å².